The third-order valence-electron chi connectivity index (χ3n) is 11.0. The Labute approximate surface area is 318 Å². The zero-order valence-corrected chi connectivity index (χ0v) is 29.9. The largest absolute Gasteiger partial charge is 0.456 e. The molecule has 0 N–H and O–H groups in total. The van der Waals surface area contributed by atoms with Gasteiger partial charge in [0.25, 0.3) is 0 Å². The number of para-hydroxylation sites is 2. The highest BCUT2D eigenvalue weighted by atomic mass is 16.3. The van der Waals surface area contributed by atoms with Gasteiger partial charge in [-0.05, 0) is 82.1 Å². The molecule has 2 heterocycles. The molecule has 55 heavy (non-hydrogen) atoms. The number of anilines is 3. The second kappa shape index (κ2) is 12.6. The van der Waals surface area contributed by atoms with Gasteiger partial charge in [0.2, 0.25) is 0 Å². The van der Waals surface area contributed by atoms with E-state index in [0.29, 0.717) is 0 Å². The van der Waals surface area contributed by atoms with Crippen LogP contribution in [-0.2, 0) is 0 Å². The summed E-state index contributed by atoms with van der Waals surface area (Å²) >= 11 is 0. The molecule has 0 radical (unpaired) electrons. The van der Waals surface area contributed by atoms with Crippen molar-refractivity contribution in [3.63, 3.8) is 0 Å². The van der Waals surface area contributed by atoms with Crippen LogP contribution in [0.15, 0.2) is 211 Å². The topological polar surface area (TPSA) is 21.3 Å². The van der Waals surface area contributed by atoms with Crippen molar-refractivity contribution in [2.75, 3.05) is 4.90 Å². The summed E-state index contributed by atoms with van der Waals surface area (Å²) in [5.74, 6) is 0. The van der Waals surface area contributed by atoms with Gasteiger partial charge >= 0.3 is 0 Å². The second-order valence-corrected chi connectivity index (χ2v) is 14.1. The van der Waals surface area contributed by atoms with Gasteiger partial charge in [0, 0.05) is 50.2 Å². The van der Waals surface area contributed by atoms with Crippen molar-refractivity contribution in [2.45, 2.75) is 0 Å². The summed E-state index contributed by atoms with van der Waals surface area (Å²) in [6, 6.07) is 74.0. The van der Waals surface area contributed by atoms with Crippen molar-refractivity contribution in [3.8, 4) is 27.9 Å². The standard InChI is InChI=1S/C52H34N2O/c1-3-13-35(14-4-1)36-23-26-39(27-24-36)54-48-32-25-38-17-7-8-19-43(38)52(48)46-31-29-40(33-49(46)54)53(47-21-11-9-18-42(47)37-15-5-2-6-16-37)41-28-30-45-44-20-10-12-22-50(44)55-51(45)34-41/h1-34H. The Morgan fingerprint density at radius 1 is 0.382 bits per heavy atom. The Kier molecular flexibility index (Phi) is 7.17. The van der Waals surface area contributed by atoms with E-state index in [4.69, 9.17) is 4.42 Å². The van der Waals surface area contributed by atoms with E-state index in [2.05, 4.69) is 204 Å². The maximum atomic E-state index is 6.47. The van der Waals surface area contributed by atoms with Crippen LogP contribution >= 0.6 is 0 Å². The van der Waals surface area contributed by atoms with E-state index in [1.54, 1.807) is 0 Å². The fourth-order valence-electron chi connectivity index (χ4n) is 8.44. The first-order valence-corrected chi connectivity index (χ1v) is 18.8. The molecular formula is C52H34N2O. The number of rotatable bonds is 6. The van der Waals surface area contributed by atoms with Crippen LogP contribution in [0, 0.1) is 0 Å². The normalized spacial score (nSPS) is 11.6. The summed E-state index contributed by atoms with van der Waals surface area (Å²) in [5.41, 5.74) is 13.1. The molecule has 0 spiro atoms. The van der Waals surface area contributed by atoms with Gasteiger partial charge in [-0.2, -0.15) is 0 Å². The van der Waals surface area contributed by atoms with Crippen LogP contribution in [0.2, 0.25) is 0 Å². The fourth-order valence-corrected chi connectivity index (χ4v) is 8.44. The smallest absolute Gasteiger partial charge is 0.137 e. The van der Waals surface area contributed by atoms with Gasteiger partial charge in [-0.25, -0.2) is 0 Å². The predicted octanol–water partition coefficient (Wildman–Crippen LogP) is 14.6. The van der Waals surface area contributed by atoms with Crippen LogP contribution in [0.25, 0.3) is 82.5 Å². The monoisotopic (exact) mass is 702 g/mol. The van der Waals surface area contributed by atoms with Gasteiger partial charge in [0.1, 0.15) is 11.2 Å². The van der Waals surface area contributed by atoms with Crippen molar-refractivity contribution < 1.29 is 4.42 Å². The van der Waals surface area contributed by atoms with Gasteiger partial charge in [-0.15, -0.1) is 0 Å². The van der Waals surface area contributed by atoms with Crippen LogP contribution in [0.1, 0.15) is 0 Å². The molecule has 0 bridgehead atoms. The van der Waals surface area contributed by atoms with Gasteiger partial charge in [0.15, 0.2) is 0 Å². The summed E-state index contributed by atoms with van der Waals surface area (Å²) in [5, 5.41) is 7.18. The van der Waals surface area contributed by atoms with Crippen LogP contribution in [0.5, 0.6) is 0 Å². The highest BCUT2D eigenvalue weighted by Crippen LogP contribution is 2.45. The van der Waals surface area contributed by atoms with E-state index < -0.39 is 0 Å². The average Bonchev–Trinajstić information content (AvgIpc) is 3.80. The molecule has 258 valence electrons. The summed E-state index contributed by atoms with van der Waals surface area (Å²) in [7, 11) is 0. The number of benzene rings is 9. The number of hydrogen-bond donors (Lipinski definition) is 0. The van der Waals surface area contributed by atoms with E-state index in [-0.39, 0.29) is 0 Å². The quantitative estimate of drug-likeness (QED) is 0.172. The molecule has 3 nitrogen and oxygen atoms in total. The molecule has 11 rings (SSSR count). The Hall–Kier alpha value is -7.36. The molecular weight excluding hydrogens is 669 g/mol. The number of nitrogens with zero attached hydrogens (tertiary/aromatic N) is 2. The van der Waals surface area contributed by atoms with Gasteiger partial charge in [-0.3, -0.25) is 0 Å². The lowest BCUT2D eigenvalue weighted by molar-refractivity contribution is 0.669. The summed E-state index contributed by atoms with van der Waals surface area (Å²) in [4.78, 5) is 2.38. The van der Waals surface area contributed by atoms with E-state index in [1.807, 2.05) is 12.1 Å². The molecule has 0 aliphatic rings. The number of hydrogen-bond acceptors (Lipinski definition) is 2. The number of aromatic nitrogens is 1. The molecule has 0 saturated carbocycles. The van der Waals surface area contributed by atoms with Gasteiger partial charge < -0.3 is 13.9 Å². The molecule has 3 heteroatoms. The molecule has 0 aliphatic carbocycles. The van der Waals surface area contributed by atoms with Crippen LogP contribution in [-0.4, -0.2) is 4.57 Å². The highest BCUT2D eigenvalue weighted by Gasteiger charge is 2.22. The van der Waals surface area contributed by atoms with Gasteiger partial charge in [0.05, 0.1) is 16.7 Å². The first-order valence-electron chi connectivity index (χ1n) is 18.8. The van der Waals surface area contributed by atoms with Crippen molar-refractivity contribution in [1.29, 1.82) is 0 Å². The van der Waals surface area contributed by atoms with Crippen molar-refractivity contribution in [1.82, 2.24) is 4.57 Å². The summed E-state index contributed by atoms with van der Waals surface area (Å²) in [6.07, 6.45) is 0. The molecule has 0 amide bonds. The molecule has 0 atom stereocenters. The lowest BCUT2D eigenvalue weighted by Crippen LogP contribution is -2.11. The van der Waals surface area contributed by atoms with E-state index in [9.17, 15) is 0 Å². The third kappa shape index (κ3) is 5.13. The Morgan fingerprint density at radius 3 is 1.82 bits per heavy atom. The molecule has 0 unspecified atom stereocenters. The van der Waals surface area contributed by atoms with Gasteiger partial charge in [-0.1, -0.05) is 146 Å². The Balaban J connectivity index is 1.18. The van der Waals surface area contributed by atoms with Crippen LogP contribution in [0.3, 0.4) is 0 Å². The third-order valence-corrected chi connectivity index (χ3v) is 11.0. The number of furan rings is 1. The summed E-state index contributed by atoms with van der Waals surface area (Å²) < 4.78 is 8.90. The SMILES string of the molecule is c1ccc(-c2ccc(-n3c4cc(N(c5ccc6c(c5)oc5ccccc56)c5ccccc5-c5ccccc5)ccc4c4c5ccccc5ccc43)cc2)cc1. The Bertz CT molecular complexity index is 3190. The molecule has 2 aromatic heterocycles. The van der Waals surface area contributed by atoms with E-state index in [1.165, 1.54) is 38.2 Å². The van der Waals surface area contributed by atoms with Crippen molar-refractivity contribution in [2.24, 2.45) is 0 Å². The first-order chi connectivity index (χ1) is 27.3. The van der Waals surface area contributed by atoms with Crippen LogP contribution in [0.4, 0.5) is 17.1 Å². The maximum absolute atomic E-state index is 6.47. The molecule has 0 aliphatic heterocycles. The van der Waals surface area contributed by atoms with Crippen molar-refractivity contribution >= 4 is 71.6 Å². The highest BCUT2D eigenvalue weighted by molar-refractivity contribution is 6.22. The summed E-state index contributed by atoms with van der Waals surface area (Å²) in [6.45, 7) is 0. The minimum atomic E-state index is 0.862. The van der Waals surface area contributed by atoms with E-state index >= 15 is 0 Å². The molecule has 11 aromatic rings. The number of fused-ring (bicyclic) bond motifs is 8. The Morgan fingerprint density at radius 2 is 1.00 bits per heavy atom. The maximum Gasteiger partial charge on any atom is 0.137 e. The second-order valence-electron chi connectivity index (χ2n) is 14.1. The lowest BCUT2D eigenvalue weighted by atomic mass is 10.0. The zero-order valence-electron chi connectivity index (χ0n) is 29.9. The van der Waals surface area contributed by atoms with E-state index in [0.717, 1.165) is 61.3 Å². The molecule has 9 aromatic carbocycles. The fraction of sp³-hybridized carbons (Fsp3) is 0. The lowest BCUT2D eigenvalue weighted by Gasteiger charge is -2.28. The minimum absolute atomic E-state index is 0.862. The molecule has 0 fully saturated rings. The predicted molar refractivity (Wildman–Crippen MR) is 231 cm³/mol. The zero-order chi connectivity index (χ0) is 36.3. The van der Waals surface area contributed by atoms with Crippen LogP contribution < -0.4 is 4.90 Å². The first kappa shape index (κ1) is 31.2. The van der Waals surface area contributed by atoms with Crippen molar-refractivity contribution in [3.05, 3.63) is 206 Å². The average molecular weight is 703 g/mol. The minimum Gasteiger partial charge on any atom is -0.456 e. The molecule has 0 saturated heterocycles.